The first kappa shape index (κ1) is 14.5. The van der Waals surface area contributed by atoms with E-state index in [1.807, 2.05) is 0 Å². The molecule has 3 nitrogen and oxygen atoms in total. The Morgan fingerprint density at radius 2 is 2.11 bits per heavy atom. The minimum absolute atomic E-state index is 0.257. The summed E-state index contributed by atoms with van der Waals surface area (Å²) in [6.45, 7) is 4.04. The number of aliphatic carboxylic acids is 1. The van der Waals surface area contributed by atoms with Crippen molar-refractivity contribution >= 4 is 21.9 Å². The molecule has 0 radical (unpaired) electrons. The lowest BCUT2D eigenvalue weighted by atomic mass is 9.80. The molecule has 19 heavy (non-hydrogen) atoms. The van der Waals surface area contributed by atoms with Gasteiger partial charge in [0.1, 0.15) is 5.82 Å². The van der Waals surface area contributed by atoms with E-state index < -0.39 is 11.4 Å². The van der Waals surface area contributed by atoms with Crippen molar-refractivity contribution in [2.24, 2.45) is 5.41 Å². The number of carboxylic acids is 1. The topological polar surface area (TPSA) is 40.5 Å². The van der Waals surface area contributed by atoms with Crippen LogP contribution in [0.15, 0.2) is 22.7 Å². The average molecular weight is 330 g/mol. The Labute approximate surface area is 120 Å². The van der Waals surface area contributed by atoms with Gasteiger partial charge in [-0.3, -0.25) is 9.69 Å². The zero-order chi connectivity index (χ0) is 14.0. The van der Waals surface area contributed by atoms with Gasteiger partial charge in [-0.2, -0.15) is 0 Å². The van der Waals surface area contributed by atoms with Crippen molar-refractivity contribution in [2.45, 2.75) is 26.3 Å². The smallest absolute Gasteiger partial charge is 0.309 e. The van der Waals surface area contributed by atoms with Gasteiger partial charge in [0.2, 0.25) is 0 Å². The number of piperidine rings is 1. The lowest BCUT2D eigenvalue weighted by molar-refractivity contribution is -0.150. The summed E-state index contributed by atoms with van der Waals surface area (Å²) in [4.78, 5) is 13.4. The fourth-order valence-electron chi connectivity index (χ4n) is 2.31. The van der Waals surface area contributed by atoms with Gasteiger partial charge in [0.15, 0.2) is 0 Å². The molecule has 1 aliphatic heterocycles. The van der Waals surface area contributed by atoms with Crippen molar-refractivity contribution in [3.05, 3.63) is 34.1 Å². The van der Waals surface area contributed by atoms with E-state index in [0.29, 0.717) is 12.8 Å². The molecule has 0 atom stereocenters. The van der Waals surface area contributed by atoms with Crippen molar-refractivity contribution in [2.75, 3.05) is 13.1 Å². The summed E-state index contributed by atoms with van der Waals surface area (Å²) in [5, 5.41) is 9.18. The van der Waals surface area contributed by atoms with Gasteiger partial charge in [-0.15, -0.1) is 0 Å². The number of nitrogens with zero attached hydrogens (tertiary/aromatic N) is 1. The minimum Gasteiger partial charge on any atom is -0.481 e. The molecule has 1 aliphatic rings. The fourth-order valence-corrected chi connectivity index (χ4v) is 2.79. The van der Waals surface area contributed by atoms with Gasteiger partial charge in [-0.25, -0.2) is 4.39 Å². The largest absolute Gasteiger partial charge is 0.481 e. The molecule has 0 saturated carbocycles. The van der Waals surface area contributed by atoms with Crippen LogP contribution in [0.5, 0.6) is 0 Å². The van der Waals surface area contributed by atoms with Crippen LogP contribution in [-0.2, 0) is 11.3 Å². The first-order valence-corrected chi connectivity index (χ1v) is 7.10. The maximum atomic E-state index is 13.0. The van der Waals surface area contributed by atoms with Crippen molar-refractivity contribution < 1.29 is 14.3 Å². The molecular formula is C14H17BrFNO2. The summed E-state index contributed by atoms with van der Waals surface area (Å²) in [7, 11) is 0. The quantitative estimate of drug-likeness (QED) is 0.925. The standard InChI is InChI=1S/C14H17BrFNO2/c1-14(13(18)19)4-6-17(7-5-14)9-10-2-3-11(16)8-12(10)15/h2-3,8H,4-7,9H2,1H3,(H,18,19). The van der Waals surface area contributed by atoms with E-state index in [4.69, 9.17) is 0 Å². The molecule has 0 unspecified atom stereocenters. The molecule has 5 heteroatoms. The summed E-state index contributed by atoms with van der Waals surface area (Å²) in [6, 6.07) is 4.68. The maximum absolute atomic E-state index is 13.0. The van der Waals surface area contributed by atoms with Crippen LogP contribution in [0.2, 0.25) is 0 Å². The van der Waals surface area contributed by atoms with Gasteiger partial charge in [0, 0.05) is 11.0 Å². The van der Waals surface area contributed by atoms with Crippen molar-refractivity contribution in [1.82, 2.24) is 4.90 Å². The van der Waals surface area contributed by atoms with Crippen molar-refractivity contribution in [1.29, 1.82) is 0 Å². The highest BCUT2D eigenvalue weighted by Crippen LogP contribution is 2.32. The second-order valence-corrected chi connectivity index (χ2v) is 6.23. The monoisotopic (exact) mass is 329 g/mol. The molecule has 0 bridgehead atoms. The molecule has 1 saturated heterocycles. The molecule has 0 amide bonds. The summed E-state index contributed by atoms with van der Waals surface area (Å²) in [5.74, 6) is -0.970. The van der Waals surface area contributed by atoms with E-state index in [-0.39, 0.29) is 5.82 Å². The van der Waals surface area contributed by atoms with Gasteiger partial charge in [0.25, 0.3) is 0 Å². The van der Waals surface area contributed by atoms with Gasteiger partial charge in [0.05, 0.1) is 5.41 Å². The van der Waals surface area contributed by atoms with Gasteiger partial charge < -0.3 is 5.11 Å². The molecule has 1 aromatic rings. The highest BCUT2D eigenvalue weighted by Gasteiger charge is 2.36. The van der Waals surface area contributed by atoms with E-state index in [1.165, 1.54) is 12.1 Å². The average Bonchev–Trinajstić information content (AvgIpc) is 2.35. The van der Waals surface area contributed by atoms with E-state index in [9.17, 15) is 14.3 Å². The number of halogens is 2. The van der Waals surface area contributed by atoms with Gasteiger partial charge in [-0.05, 0) is 50.6 Å². The fraction of sp³-hybridized carbons (Fsp3) is 0.500. The van der Waals surface area contributed by atoms with E-state index >= 15 is 0 Å². The Kier molecular flexibility index (Phi) is 4.26. The molecule has 0 spiro atoms. The highest BCUT2D eigenvalue weighted by atomic mass is 79.9. The SMILES string of the molecule is CC1(C(=O)O)CCN(Cc2ccc(F)cc2Br)CC1. The summed E-state index contributed by atoms with van der Waals surface area (Å²) in [5.41, 5.74) is 0.427. The van der Waals surface area contributed by atoms with Crippen LogP contribution in [0.25, 0.3) is 0 Å². The van der Waals surface area contributed by atoms with Gasteiger partial charge >= 0.3 is 5.97 Å². The predicted molar refractivity (Wildman–Crippen MR) is 74.4 cm³/mol. The first-order chi connectivity index (χ1) is 8.90. The maximum Gasteiger partial charge on any atom is 0.309 e. The Morgan fingerprint density at radius 1 is 1.47 bits per heavy atom. The molecular weight excluding hydrogens is 313 g/mol. The Hall–Kier alpha value is -0.940. The molecule has 1 fully saturated rings. The number of carboxylic acid groups (broad SMARTS) is 1. The summed E-state index contributed by atoms with van der Waals surface area (Å²) >= 11 is 3.36. The van der Waals surface area contributed by atoms with Crippen LogP contribution >= 0.6 is 15.9 Å². The molecule has 104 valence electrons. The normalized spacial score (nSPS) is 19.3. The van der Waals surface area contributed by atoms with Crippen LogP contribution in [0.1, 0.15) is 25.3 Å². The number of benzene rings is 1. The van der Waals surface area contributed by atoms with Crippen molar-refractivity contribution in [3.8, 4) is 0 Å². The predicted octanol–water partition coefficient (Wildman–Crippen LogP) is 3.27. The number of hydrogen-bond donors (Lipinski definition) is 1. The van der Waals surface area contributed by atoms with Crippen molar-refractivity contribution in [3.63, 3.8) is 0 Å². The van der Waals surface area contributed by atoms with Crippen LogP contribution in [0.4, 0.5) is 4.39 Å². The summed E-state index contributed by atoms with van der Waals surface area (Å²) < 4.78 is 13.8. The number of hydrogen-bond acceptors (Lipinski definition) is 2. The number of likely N-dealkylation sites (tertiary alicyclic amines) is 1. The Bertz CT molecular complexity index is 484. The van der Waals surface area contributed by atoms with E-state index in [0.717, 1.165) is 29.7 Å². The van der Waals surface area contributed by atoms with Crippen LogP contribution in [0.3, 0.4) is 0 Å². The molecule has 1 heterocycles. The van der Waals surface area contributed by atoms with Crippen LogP contribution in [-0.4, -0.2) is 29.1 Å². The number of carbonyl (C=O) groups is 1. The molecule has 1 aromatic carbocycles. The lowest BCUT2D eigenvalue weighted by Gasteiger charge is -2.36. The van der Waals surface area contributed by atoms with Crippen LogP contribution < -0.4 is 0 Å². The zero-order valence-electron chi connectivity index (χ0n) is 10.8. The zero-order valence-corrected chi connectivity index (χ0v) is 12.4. The van der Waals surface area contributed by atoms with E-state index in [2.05, 4.69) is 20.8 Å². The molecule has 1 N–H and O–H groups in total. The highest BCUT2D eigenvalue weighted by molar-refractivity contribution is 9.10. The third-order valence-electron chi connectivity index (χ3n) is 3.88. The minimum atomic E-state index is -0.713. The first-order valence-electron chi connectivity index (χ1n) is 6.30. The Balaban J connectivity index is 1.98. The molecule has 0 aromatic heterocycles. The second-order valence-electron chi connectivity index (χ2n) is 5.38. The summed E-state index contributed by atoms with van der Waals surface area (Å²) in [6.07, 6.45) is 1.31. The Morgan fingerprint density at radius 3 is 2.63 bits per heavy atom. The molecule has 0 aliphatic carbocycles. The third kappa shape index (κ3) is 3.34. The lowest BCUT2D eigenvalue weighted by Crippen LogP contribution is -2.42. The molecule has 2 rings (SSSR count). The van der Waals surface area contributed by atoms with Gasteiger partial charge in [-0.1, -0.05) is 22.0 Å². The van der Waals surface area contributed by atoms with Crippen LogP contribution in [0, 0.1) is 11.2 Å². The second kappa shape index (κ2) is 5.59. The third-order valence-corrected chi connectivity index (χ3v) is 4.62. The number of rotatable bonds is 3. The van der Waals surface area contributed by atoms with E-state index in [1.54, 1.807) is 13.0 Å².